The number of aromatic nitrogens is 3. The molecule has 182 valence electrons. The third-order valence-corrected chi connectivity index (χ3v) is 7.29. The van der Waals surface area contributed by atoms with E-state index >= 15 is 0 Å². The molecule has 0 fully saturated rings. The molecular weight excluding hydrogens is 532 g/mol. The predicted octanol–water partition coefficient (Wildman–Crippen LogP) is 9.22. The van der Waals surface area contributed by atoms with Gasteiger partial charge in [-0.05, 0) is 41.8 Å². The van der Waals surface area contributed by atoms with Crippen molar-refractivity contribution in [1.29, 1.82) is 0 Å². The number of hydrogen-bond acceptors (Lipinski definition) is 2. The summed E-state index contributed by atoms with van der Waals surface area (Å²) in [5, 5.41) is 5.98. The van der Waals surface area contributed by atoms with Crippen LogP contribution in [0.2, 0.25) is 0 Å². The minimum atomic E-state index is 0.702. The zero-order chi connectivity index (χ0) is 25.5. The Morgan fingerprint density at radius 3 is 2.18 bits per heavy atom. The van der Waals surface area contributed by atoms with Crippen molar-refractivity contribution in [2.75, 3.05) is 6.54 Å². The topological polar surface area (TPSA) is 44.8 Å². The molecule has 0 saturated carbocycles. The van der Waals surface area contributed by atoms with Gasteiger partial charge in [-0.3, -0.25) is 0 Å². The van der Waals surface area contributed by atoms with E-state index in [0.29, 0.717) is 12.4 Å². The molecule has 0 unspecified atom stereocenters. The fourth-order valence-electron chi connectivity index (χ4n) is 5.04. The Hall–Kier alpha value is -4.48. The molecule has 0 bridgehead atoms. The maximum absolute atomic E-state index is 5.03. The SMILES string of the molecule is Brc1ccc2c3c(n(-c4cccc(-c5cc(-c6ccccc6)nc(-c6ccccc6)n5)c4)c2c1)C=CC[N-]3. The Bertz CT molecular complexity index is 1760. The van der Waals surface area contributed by atoms with E-state index in [1.807, 2.05) is 36.4 Å². The van der Waals surface area contributed by atoms with Gasteiger partial charge in [0.25, 0.3) is 0 Å². The smallest absolute Gasteiger partial charge is 0.160 e. The number of fused-ring (bicyclic) bond motifs is 3. The Balaban J connectivity index is 1.42. The van der Waals surface area contributed by atoms with E-state index in [4.69, 9.17) is 15.3 Å². The molecule has 0 atom stereocenters. The van der Waals surface area contributed by atoms with Crippen LogP contribution in [-0.4, -0.2) is 21.1 Å². The zero-order valence-corrected chi connectivity index (χ0v) is 22.0. The summed E-state index contributed by atoms with van der Waals surface area (Å²) in [4.78, 5) is 9.96. The van der Waals surface area contributed by atoms with Crippen LogP contribution in [0.1, 0.15) is 5.69 Å². The van der Waals surface area contributed by atoms with Crippen LogP contribution in [0.15, 0.2) is 120 Å². The molecule has 0 saturated heterocycles. The monoisotopic (exact) mass is 553 g/mol. The van der Waals surface area contributed by atoms with Crippen molar-refractivity contribution in [3.05, 3.63) is 131 Å². The van der Waals surface area contributed by atoms with E-state index in [2.05, 4.69) is 105 Å². The first-order chi connectivity index (χ1) is 18.7. The van der Waals surface area contributed by atoms with Gasteiger partial charge in [0, 0.05) is 32.5 Å². The molecule has 0 aliphatic carbocycles. The number of nitrogens with zero attached hydrogens (tertiary/aromatic N) is 4. The second-order valence-electron chi connectivity index (χ2n) is 9.22. The molecule has 1 aliphatic heterocycles. The second-order valence-corrected chi connectivity index (χ2v) is 10.1. The summed E-state index contributed by atoms with van der Waals surface area (Å²) < 4.78 is 3.33. The van der Waals surface area contributed by atoms with Gasteiger partial charge in [-0.15, -0.1) is 18.3 Å². The maximum atomic E-state index is 5.03. The lowest BCUT2D eigenvalue weighted by molar-refractivity contribution is 1.10. The Morgan fingerprint density at radius 2 is 1.39 bits per heavy atom. The Kier molecular flexibility index (Phi) is 5.64. The van der Waals surface area contributed by atoms with E-state index in [9.17, 15) is 0 Å². The van der Waals surface area contributed by atoms with Crippen LogP contribution in [0.25, 0.3) is 61.9 Å². The number of hydrogen-bond donors (Lipinski definition) is 0. The molecule has 0 radical (unpaired) electrons. The van der Waals surface area contributed by atoms with Crippen molar-refractivity contribution < 1.29 is 0 Å². The van der Waals surface area contributed by atoms with Crippen molar-refractivity contribution in [3.63, 3.8) is 0 Å². The molecule has 5 heteroatoms. The van der Waals surface area contributed by atoms with Crippen LogP contribution < -0.4 is 0 Å². The average molecular weight is 554 g/mol. The number of benzene rings is 4. The normalized spacial score (nSPS) is 12.3. The van der Waals surface area contributed by atoms with E-state index in [-0.39, 0.29) is 0 Å². The number of rotatable bonds is 4. The van der Waals surface area contributed by atoms with E-state index in [0.717, 1.165) is 60.5 Å². The Labute approximate surface area is 229 Å². The van der Waals surface area contributed by atoms with Crippen LogP contribution in [0.3, 0.4) is 0 Å². The lowest BCUT2D eigenvalue weighted by Crippen LogP contribution is -2.00. The molecule has 4 aromatic carbocycles. The molecule has 0 amide bonds. The Morgan fingerprint density at radius 1 is 0.684 bits per heavy atom. The summed E-state index contributed by atoms with van der Waals surface area (Å²) in [5.74, 6) is 0.710. The highest BCUT2D eigenvalue weighted by atomic mass is 79.9. The lowest BCUT2D eigenvalue weighted by atomic mass is 10.1. The van der Waals surface area contributed by atoms with Gasteiger partial charge in [-0.2, -0.15) is 0 Å². The molecule has 6 aromatic rings. The highest BCUT2D eigenvalue weighted by Crippen LogP contribution is 2.42. The van der Waals surface area contributed by atoms with Gasteiger partial charge in [-0.25, -0.2) is 9.97 Å². The van der Waals surface area contributed by atoms with Crippen LogP contribution in [0.4, 0.5) is 5.69 Å². The van der Waals surface area contributed by atoms with Crippen LogP contribution in [0.5, 0.6) is 0 Å². The molecule has 3 heterocycles. The molecule has 38 heavy (non-hydrogen) atoms. The molecule has 1 aliphatic rings. The third-order valence-electron chi connectivity index (χ3n) is 6.80. The average Bonchev–Trinajstić information content (AvgIpc) is 3.31. The van der Waals surface area contributed by atoms with Gasteiger partial charge < -0.3 is 9.88 Å². The van der Waals surface area contributed by atoms with E-state index in [1.54, 1.807) is 0 Å². The fraction of sp³-hybridized carbons (Fsp3) is 0.0303. The van der Waals surface area contributed by atoms with Crippen molar-refractivity contribution in [2.24, 2.45) is 0 Å². The van der Waals surface area contributed by atoms with Crippen molar-refractivity contribution in [2.45, 2.75) is 0 Å². The van der Waals surface area contributed by atoms with Gasteiger partial charge in [-0.1, -0.05) is 94.8 Å². The maximum Gasteiger partial charge on any atom is 0.160 e. The molecule has 0 spiro atoms. The van der Waals surface area contributed by atoms with Gasteiger partial charge in [0.1, 0.15) is 0 Å². The van der Waals surface area contributed by atoms with Crippen molar-refractivity contribution >= 4 is 38.6 Å². The fourth-order valence-corrected chi connectivity index (χ4v) is 5.39. The highest BCUT2D eigenvalue weighted by molar-refractivity contribution is 9.10. The van der Waals surface area contributed by atoms with Crippen LogP contribution in [0, 0.1) is 0 Å². The summed E-state index contributed by atoms with van der Waals surface area (Å²) in [6.07, 6.45) is 4.29. The van der Waals surface area contributed by atoms with Gasteiger partial charge in [0.15, 0.2) is 5.82 Å². The molecule has 4 nitrogen and oxygen atoms in total. The number of halogens is 1. The standard InChI is InChI=1S/C33H22BrN4/c34-25-16-17-27-31(20-25)38(30-15-8-18-35-32(27)30)26-14-7-13-24(19-26)29-21-28(22-9-3-1-4-10-22)36-33(37-29)23-11-5-2-6-12-23/h1-17,19-21H,18H2/q-1. The van der Waals surface area contributed by atoms with Crippen molar-refractivity contribution in [3.8, 4) is 39.6 Å². The molecule has 7 rings (SSSR count). The molecular formula is C33H22BrN4-. The summed E-state index contributed by atoms with van der Waals surface area (Å²) in [6.45, 7) is 0.702. The second kappa shape index (κ2) is 9.43. The first-order valence-electron chi connectivity index (χ1n) is 12.5. The summed E-state index contributed by atoms with van der Waals surface area (Å²) >= 11 is 3.66. The molecule has 2 aromatic heterocycles. The van der Waals surface area contributed by atoms with Gasteiger partial charge in [0.05, 0.1) is 16.9 Å². The predicted molar refractivity (Wildman–Crippen MR) is 160 cm³/mol. The first kappa shape index (κ1) is 22.7. The van der Waals surface area contributed by atoms with Crippen LogP contribution in [-0.2, 0) is 0 Å². The van der Waals surface area contributed by atoms with Crippen molar-refractivity contribution in [1.82, 2.24) is 14.5 Å². The van der Waals surface area contributed by atoms with Gasteiger partial charge >= 0.3 is 0 Å². The summed E-state index contributed by atoms with van der Waals surface area (Å²) in [6, 6.07) is 37.4. The third kappa shape index (κ3) is 4.01. The minimum Gasteiger partial charge on any atom is -0.679 e. The van der Waals surface area contributed by atoms with Crippen LogP contribution >= 0.6 is 15.9 Å². The molecule has 0 N–H and O–H groups in total. The van der Waals surface area contributed by atoms with Gasteiger partial charge in [0.2, 0.25) is 0 Å². The zero-order valence-electron chi connectivity index (χ0n) is 20.4. The highest BCUT2D eigenvalue weighted by Gasteiger charge is 2.16. The summed E-state index contributed by atoms with van der Waals surface area (Å²) in [7, 11) is 0. The quantitative estimate of drug-likeness (QED) is 0.218. The summed E-state index contributed by atoms with van der Waals surface area (Å²) in [5.41, 5.74) is 9.18. The van der Waals surface area contributed by atoms with E-state index in [1.165, 1.54) is 0 Å². The minimum absolute atomic E-state index is 0.702. The van der Waals surface area contributed by atoms with E-state index < -0.39 is 0 Å². The largest absolute Gasteiger partial charge is 0.679 e. The lowest BCUT2D eigenvalue weighted by Gasteiger charge is -2.24. The first-order valence-corrected chi connectivity index (χ1v) is 13.3.